The van der Waals surface area contributed by atoms with Crippen LogP contribution in [0.4, 0.5) is 4.79 Å². The van der Waals surface area contributed by atoms with E-state index < -0.39 is 6.09 Å². The smallest absolute Gasteiger partial charge is 0.407 e. The number of fused-ring (bicyclic) bond motifs is 2. The van der Waals surface area contributed by atoms with Crippen molar-refractivity contribution in [1.29, 1.82) is 0 Å². The van der Waals surface area contributed by atoms with E-state index in [4.69, 9.17) is 4.74 Å². The molecule has 134 valence electrons. The fourth-order valence-corrected chi connectivity index (χ4v) is 3.55. The number of benzene rings is 2. The van der Waals surface area contributed by atoms with E-state index in [1.54, 1.807) is 0 Å². The number of amides is 1. The Morgan fingerprint density at radius 1 is 0.962 bits per heavy atom. The molecule has 0 radical (unpaired) electrons. The molecule has 1 saturated heterocycles. The summed E-state index contributed by atoms with van der Waals surface area (Å²) in [5, 5.41) is 9.21. The van der Waals surface area contributed by atoms with E-state index in [9.17, 15) is 9.90 Å². The molecular weight excluding hydrogens is 328 g/mol. The van der Waals surface area contributed by atoms with Crippen LogP contribution in [0.25, 0.3) is 11.8 Å². The van der Waals surface area contributed by atoms with Gasteiger partial charge >= 0.3 is 6.09 Å². The van der Waals surface area contributed by atoms with Gasteiger partial charge in [0.25, 0.3) is 0 Å². The van der Waals surface area contributed by atoms with E-state index in [0.29, 0.717) is 26.2 Å². The summed E-state index contributed by atoms with van der Waals surface area (Å²) >= 11 is 0. The molecule has 1 fully saturated rings. The van der Waals surface area contributed by atoms with Gasteiger partial charge in [-0.25, -0.2) is 4.79 Å². The van der Waals surface area contributed by atoms with E-state index in [1.807, 2.05) is 12.1 Å². The fraction of sp³-hybridized carbons (Fsp3) is 0.286. The van der Waals surface area contributed by atoms with E-state index in [1.165, 1.54) is 16.0 Å². The first-order valence-electron chi connectivity index (χ1n) is 8.85. The molecule has 0 atom stereocenters. The van der Waals surface area contributed by atoms with Gasteiger partial charge in [-0.15, -0.1) is 0 Å². The maximum atomic E-state index is 11.2. The Balaban J connectivity index is 1.78. The van der Waals surface area contributed by atoms with Crippen LogP contribution in [0.5, 0.6) is 11.5 Å². The maximum absolute atomic E-state index is 11.2. The number of piperazine rings is 1. The summed E-state index contributed by atoms with van der Waals surface area (Å²) < 4.78 is 6.21. The molecule has 4 rings (SSSR count). The third-order valence-electron chi connectivity index (χ3n) is 4.98. The van der Waals surface area contributed by atoms with Gasteiger partial charge in [0, 0.05) is 43.0 Å². The van der Waals surface area contributed by atoms with Crippen molar-refractivity contribution in [1.82, 2.24) is 9.80 Å². The molecule has 0 unspecified atom stereocenters. The summed E-state index contributed by atoms with van der Waals surface area (Å²) in [6, 6.07) is 12.4. The van der Waals surface area contributed by atoms with Crippen LogP contribution < -0.4 is 4.74 Å². The number of aryl methyl sites for hydroxylation is 2. The molecule has 0 aliphatic carbocycles. The lowest BCUT2D eigenvalue weighted by atomic mass is 10.0. The van der Waals surface area contributed by atoms with E-state index >= 15 is 0 Å². The Hall–Kier alpha value is -2.95. The van der Waals surface area contributed by atoms with Crippen molar-refractivity contribution in [2.45, 2.75) is 13.8 Å². The number of nitrogens with zero attached hydrogens (tertiary/aromatic N) is 2. The Morgan fingerprint density at radius 2 is 1.62 bits per heavy atom. The van der Waals surface area contributed by atoms with Gasteiger partial charge in [-0.3, -0.25) is 0 Å². The zero-order valence-corrected chi connectivity index (χ0v) is 15.0. The molecule has 2 aliphatic rings. The number of ether oxygens (including phenoxy) is 1. The second kappa shape index (κ2) is 6.41. The molecule has 1 amide bonds. The number of carboxylic acid groups (broad SMARTS) is 1. The van der Waals surface area contributed by atoms with Crippen molar-refractivity contribution in [2.75, 3.05) is 26.2 Å². The molecule has 1 N–H and O–H groups in total. The van der Waals surface area contributed by atoms with Crippen molar-refractivity contribution >= 4 is 17.9 Å². The molecule has 2 aliphatic heterocycles. The van der Waals surface area contributed by atoms with Crippen molar-refractivity contribution in [3.8, 4) is 11.5 Å². The normalized spacial score (nSPS) is 16.2. The molecule has 0 aromatic heterocycles. The lowest BCUT2D eigenvalue weighted by Crippen LogP contribution is -2.47. The first kappa shape index (κ1) is 16.5. The molecule has 5 heteroatoms. The molecule has 2 heterocycles. The topological polar surface area (TPSA) is 53.0 Å². The van der Waals surface area contributed by atoms with Crippen LogP contribution in [-0.4, -0.2) is 47.2 Å². The first-order valence-corrected chi connectivity index (χ1v) is 8.85. The monoisotopic (exact) mass is 350 g/mol. The van der Waals surface area contributed by atoms with Crippen LogP contribution in [0.2, 0.25) is 0 Å². The van der Waals surface area contributed by atoms with Crippen molar-refractivity contribution in [3.63, 3.8) is 0 Å². The first-order chi connectivity index (χ1) is 12.5. The molecule has 2 aromatic carbocycles. The minimum Gasteiger partial charge on any atom is -0.465 e. The van der Waals surface area contributed by atoms with Gasteiger partial charge in [0.2, 0.25) is 0 Å². The summed E-state index contributed by atoms with van der Waals surface area (Å²) in [7, 11) is 0. The number of rotatable bonds is 1. The van der Waals surface area contributed by atoms with Crippen molar-refractivity contribution in [3.05, 3.63) is 58.7 Å². The Labute approximate surface area is 153 Å². The quantitative estimate of drug-likeness (QED) is 0.837. The highest BCUT2D eigenvalue weighted by Gasteiger charge is 2.26. The molecule has 5 nitrogen and oxygen atoms in total. The van der Waals surface area contributed by atoms with E-state index in [0.717, 1.165) is 28.3 Å². The number of hydrogen-bond acceptors (Lipinski definition) is 3. The number of hydrogen-bond donors (Lipinski definition) is 1. The second-order valence-electron chi connectivity index (χ2n) is 6.93. The summed E-state index contributed by atoms with van der Waals surface area (Å²) in [6.07, 6.45) is 1.32. The van der Waals surface area contributed by atoms with Gasteiger partial charge in [-0.2, -0.15) is 0 Å². The lowest BCUT2D eigenvalue weighted by molar-refractivity contribution is 0.122. The molecule has 0 bridgehead atoms. The van der Waals surface area contributed by atoms with Crippen LogP contribution >= 0.6 is 0 Å². The Kier molecular flexibility index (Phi) is 4.07. The summed E-state index contributed by atoms with van der Waals surface area (Å²) in [5.41, 5.74) is 5.56. The zero-order chi connectivity index (χ0) is 18.3. The predicted molar refractivity (Wildman–Crippen MR) is 101 cm³/mol. The van der Waals surface area contributed by atoms with Crippen LogP contribution in [0, 0.1) is 13.8 Å². The molecule has 2 aromatic rings. The number of carbonyl (C=O) groups is 1. The highest BCUT2D eigenvalue weighted by molar-refractivity contribution is 5.86. The molecule has 0 spiro atoms. The van der Waals surface area contributed by atoms with E-state index in [-0.39, 0.29) is 0 Å². The van der Waals surface area contributed by atoms with Crippen LogP contribution in [0.1, 0.15) is 22.3 Å². The van der Waals surface area contributed by atoms with Gasteiger partial charge < -0.3 is 19.6 Å². The maximum Gasteiger partial charge on any atom is 0.407 e. The van der Waals surface area contributed by atoms with Crippen LogP contribution in [0.15, 0.2) is 36.4 Å². The van der Waals surface area contributed by atoms with Gasteiger partial charge in [0.1, 0.15) is 11.5 Å². The summed E-state index contributed by atoms with van der Waals surface area (Å²) in [6.45, 7) is 6.51. The highest BCUT2D eigenvalue weighted by atomic mass is 16.5. The van der Waals surface area contributed by atoms with Crippen molar-refractivity contribution < 1.29 is 14.6 Å². The van der Waals surface area contributed by atoms with Gasteiger partial charge in [0.15, 0.2) is 0 Å². The predicted octanol–water partition coefficient (Wildman–Crippen LogP) is 4.20. The highest BCUT2D eigenvalue weighted by Crippen LogP contribution is 2.40. The molecule has 0 saturated carbocycles. The fourth-order valence-electron chi connectivity index (χ4n) is 3.55. The average molecular weight is 350 g/mol. The second-order valence-corrected chi connectivity index (χ2v) is 6.93. The van der Waals surface area contributed by atoms with Gasteiger partial charge in [-0.1, -0.05) is 23.3 Å². The van der Waals surface area contributed by atoms with Crippen LogP contribution in [0.3, 0.4) is 0 Å². The van der Waals surface area contributed by atoms with Crippen LogP contribution in [-0.2, 0) is 0 Å². The molecule has 26 heavy (non-hydrogen) atoms. The SMILES string of the molecule is Cc1ccc2c(c1)C=C(N1CCN(C(=O)O)CC1)c1cc(C)ccc1O2. The third-order valence-corrected chi connectivity index (χ3v) is 4.98. The summed E-state index contributed by atoms with van der Waals surface area (Å²) in [5.74, 6) is 1.69. The average Bonchev–Trinajstić information content (AvgIpc) is 2.78. The van der Waals surface area contributed by atoms with E-state index in [2.05, 4.69) is 49.1 Å². The van der Waals surface area contributed by atoms with Gasteiger partial charge in [-0.05, 0) is 44.2 Å². The lowest BCUT2D eigenvalue weighted by Gasteiger charge is -2.36. The van der Waals surface area contributed by atoms with Gasteiger partial charge in [0.05, 0.1) is 0 Å². The largest absolute Gasteiger partial charge is 0.465 e. The third kappa shape index (κ3) is 3.01. The zero-order valence-electron chi connectivity index (χ0n) is 15.0. The molecular formula is C21H22N2O3. The Bertz CT molecular complexity index is 896. The standard InChI is InChI=1S/C21H22N2O3/c1-14-3-5-19-16(11-14)13-18(17-12-15(2)4-6-20(17)26-19)22-7-9-23(10-8-22)21(24)25/h3-6,11-13H,7-10H2,1-2H3,(H,24,25). The Morgan fingerprint density at radius 3 is 2.31 bits per heavy atom. The summed E-state index contributed by atoms with van der Waals surface area (Å²) in [4.78, 5) is 14.9. The minimum atomic E-state index is -0.847. The minimum absolute atomic E-state index is 0.509. The van der Waals surface area contributed by atoms with Crippen molar-refractivity contribution in [2.24, 2.45) is 0 Å².